The monoisotopic (exact) mass is 533 g/mol. The number of imide groups is 1. The third kappa shape index (κ3) is 7.95. The zero-order valence-corrected chi connectivity index (χ0v) is 19.0. The molecule has 0 bridgehead atoms. The molecule has 14 heteroatoms. The van der Waals surface area contributed by atoms with Crippen molar-refractivity contribution in [2.45, 2.75) is 31.2 Å². The first-order valence-electron chi connectivity index (χ1n) is 10.5. The molecule has 1 saturated heterocycles. The third-order valence-electron chi connectivity index (χ3n) is 5.04. The zero-order chi connectivity index (χ0) is 28.0. The van der Waals surface area contributed by atoms with Gasteiger partial charge in [0.25, 0.3) is 11.8 Å². The van der Waals surface area contributed by atoms with Gasteiger partial charge in [-0.05, 0) is 30.2 Å². The molecular formula is C23H21F6N3O5. The topological polar surface area (TPSA) is 105 Å². The van der Waals surface area contributed by atoms with Gasteiger partial charge in [0.05, 0.1) is 11.9 Å². The van der Waals surface area contributed by atoms with Crippen LogP contribution in [-0.4, -0.2) is 59.9 Å². The van der Waals surface area contributed by atoms with E-state index >= 15 is 0 Å². The van der Waals surface area contributed by atoms with Crippen LogP contribution in [-0.2, 0) is 23.9 Å². The van der Waals surface area contributed by atoms with Crippen LogP contribution in [0.2, 0.25) is 0 Å². The van der Waals surface area contributed by atoms with E-state index in [9.17, 15) is 45.5 Å². The predicted molar refractivity (Wildman–Crippen MR) is 117 cm³/mol. The molecule has 8 nitrogen and oxygen atoms in total. The fourth-order valence-corrected chi connectivity index (χ4v) is 3.20. The van der Waals surface area contributed by atoms with Crippen LogP contribution in [0.3, 0.4) is 0 Å². The first-order chi connectivity index (χ1) is 17.2. The van der Waals surface area contributed by atoms with E-state index in [2.05, 4.69) is 23.2 Å². The third-order valence-corrected chi connectivity index (χ3v) is 5.04. The summed E-state index contributed by atoms with van der Waals surface area (Å²) in [6.07, 6.45) is -0.983. The number of hydrogen-bond acceptors (Lipinski definition) is 5. The summed E-state index contributed by atoms with van der Waals surface area (Å²) in [5, 5.41) is 3.96. The zero-order valence-electron chi connectivity index (χ0n) is 19.0. The Bertz CT molecular complexity index is 1120. The number of ether oxygens (including phenoxy) is 1. The van der Waals surface area contributed by atoms with Crippen LogP contribution in [0.25, 0.3) is 0 Å². The van der Waals surface area contributed by atoms with Crippen LogP contribution < -0.4 is 10.6 Å². The van der Waals surface area contributed by atoms with Crippen LogP contribution in [0.1, 0.15) is 12.8 Å². The summed E-state index contributed by atoms with van der Waals surface area (Å²) in [4.78, 5) is 48.9. The molecule has 37 heavy (non-hydrogen) atoms. The highest BCUT2D eigenvalue weighted by Gasteiger charge is 2.42. The van der Waals surface area contributed by atoms with Gasteiger partial charge in [-0.15, -0.1) is 13.2 Å². The normalized spacial score (nSPS) is 19.4. The quantitative estimate of drug-likeness (QED) is 0.195. The number of amides is 4. The molecule has 2 N–H and O–H groups in total. The van der Waals surface area contributed by atoms with Crippen molar-refractivity contribution in [2.24, 2.45) is 0 Å². The van der Waals surface area contributed by atoms with Crippen molar-refractivity contribution >= 4 is 23.6 Å². The van der Waals surface area contributed by atoms with Crippen LogP contribution in [0.4, 0.5) is 26.3 Å². The van der Waals surface area contributed by atoms with Gasteiger partial charge < -0.3 is 15.0 Å². The molecule has 0 aromatic rings. The summed E-state index contributed by atoms with van der Waals surface area (Å²) >= 11 is 0. The first-order valence-corrected chi connectivity index (χ1v) is 10.5. The average Bonchev–Trinajstić information content (AvgIpc) is 3.15. The van der Waals surface area contributed by atoms with Gasteiger partial charge in [-0.3, -0.25) is 24.5 Å². The number of allylic oxidation sites excluding steroid dienone is 2. The molecule has 0 aromatic carbocycles. The van der Waals surface area contributed by atoms with Crippen LogP contribution in [0.5, 0.6) is 0 Å². The second-order valence-corrected chi connectivity index (χ2v) is 7.74. The van der Waals surface area contributed by atoms with Gasteiger partial charge in [-0.2, -0.15) is 8.78 Å². The first kappa shape index (κ1) is 29.1. The van der Waals surface area contributed by atoms with E-state index in [4.69, 9.17) is 0 Å². The molecule has 1 atom stereocenters. The molecule has 2 heterocycles. The van der Waals surface area contributed by atoms with Crippen LogP contribution >= 0.6 is 0 Å². The Hall–Kier alpha value is -4.10. The van der Waals surface area contributed by atoms with Crippen molar-refractivity contribution in [2.75, 3.05) is 13.1 Å². The van der Waals surface area contributed by atoms with Crippen molar-refractivity contribution in [3.8, 4) is 0 Å². The summed E-state index contributed by atoms with van der Waals surface area (Å²) < 4.78 is 81.1. The number of nitrogens with zero attached hydrogens (tertiary/aromatic N) is 1. The summed E-state index contributed by atoms with van der Waals surface area (Å²) in [6, 6.07) is -0.818. The number of rotatable bonds is 10. The van der Waals surface area contributed by atoms with E-state index in [0.29, 0.717) is 6.08 Å². The minimum absolute atomic E-state index is 0.0607. The smallest absolute Gasteiger partial charge is 0.406 e. The van der Waals surface area contributed by atoms with Gasteiger partial charge in [0.2, 0.25) is 11.8 Å². The highest BCUT2D eigenvalue weighted by Crippen LogP contribution is 2.27. The second kappa shape index (κ2) is 11.8. The standard InChI is InChI=1S/C23H21F6N3O5/c1-13(3-5-15-9-10-32(20(15)35)17-7-8-18(33)31-19(17)34)12-30-21(36)22(25,26)16(11-24)6-4-14(2)37-23(27,28)29/h3-6,9,11,17H,1-2,7-8,10,12H2,(H,30,36)(H,31,33,34)/b5-3-,6-4-,16-11-. The number of carbonyl (C=O) groups excluding carboxylic acids is 4. The molecule has 2 rings (SSSR count). The fraction of sp³-hybridized carbons (Fsp3) is 0.304. The summed E-state index contributed by atoms with van der Waals surface area (Å²) in [5.41, 5.74) is -1.34. The summed E-state index contributed by atoms with van der Waals surface area (Å²) in [5.74, 6) is -9.09. The summed E-state index contributed by atoms with van der Waals surface area (Å²) in [7, 11) is 0. The number of halogens is 6. The van der Waals surface area contributed by atoms with Gasteiger partial charge >= 0.3 is 12.3 Å². The minimum Gasteiger partial charge on any atom is -0.406 e. The van der Waals surface area contributed by atoms with E-state index in [1.165, 1.54) is 23.1 Å². The molecule has 200 valence electrons. The number of piperidine rings is 1. The Morgan fingerprint density at radius 2 is 1.84 bits per heavy atom. The van der Waals surface area contributed by atoms with Crippen LogP contribution in [0.15, 0.2) is 72.3 Å². The Morgan fingerprint density at radius 1 is 1.16 bits per heavy atom. The Labute approximate surface area is 206 Å². The minimum atomic E-state index is -5.14. The molecule has 0 aromatic heterocycles. The van der Waals surface area contributed by atoms with Gasteiger partial charge in [0.15, 0.2) is 0 Å². The molecule has 0 spiro atoms. The predicted octanol–water partition coefficient (Wildman–Crippen LogP) is 2.88. The Morgan fingerprint density at radius 3 is 2.43 bits per heavy atom. The van der Waals surface area contributed by atoms with Crippen molar-refractivity contribution in [3.63, 3.8) is 0 Å². The lowest BCUT2D eigenvalue weighted by molar-refractivity contribution is -0.303. The Kier molecular flexibility index (Phi) is 9.26. The van der Waals surface area contributed by atoms with Crippen molar-refractivity contribution in [1.82, 2.24) is 15.5 Å². The maximum Gasteiger partial charge on any atom is 0.573 e. The van der Waals surface area contributed by atoms with E-state index in [-0.39, 0.29) is 36.6 Å². The molecule has 2 aliphatic rings. The lowest BCUT2D eigenvalue weighted by atomic mass is 10.0. The van der Waals surface area contributed by atoms with E-state index in [1.807, 2.05) is 0 Å². The molecule has 4 amide bonds. The Balaban J connectivity index is 1.91. The number of nitrogens with one attached hydrogen (secondary N) is 2. The van der Waals surface area contributed by atoms with Gasteiger partial charge in [-0.25, -0.2) is 4.39 Å². The van der Waals surface area contributed by atoms with Crippen molar-refractivity contribution in [1.29, 1.82) is 0 Å². The van der Waals surface area contributed by atoms with E-state index in [0.717, 1.165) is 0 Å². The number of hydrogen-bond donors (Lipinski definition) is 2. The summed E-state index contributed by atoms with van der Waals surface area (Å²) in [6.45, 7) is 5.92. The molecule has 2 aliphatic heterocycles. The van der Waals surface area contributed by atoms with Gasteiger partial charge in [0.1, 0.15) is 11.8 Å². The van der Waals surface area contributed by atoms with Crippen LogP contribution in [0, 0.1) is 0 Å². The maximum atomic E-state index is 14.3. The van der Waals surface area contributed by atoms with Crippen molar-refractivity contribution in [3.05, 3.63) is 72.3 Å². The largest absolute Gasteiger partial charge is 0.573 e. The molecule has 0 aliphatic carbocycles. The second-order valence-electron chi connectivity index (χ2n) is 7.74. The number of alkyl halides is 5. The SMILES string of the molecule is C=C(/C=C\C1=CCN(C2CCC(=O)NC2=O)C1=O)CNC(=O)C(F)(F)C(/C=C\C(=C)OC(F)(F)F)=C\F. The lowest BCUT2D eigenvalue weighted by Crippen LogP contribution is -2.53. The lowest BCUT2D eigenvalue weighted by Gasteiger charge is -2.29. The maximum absolute atomic E-state index is 14.3. The van der Waals surface area contributed by atoms with Gasteiger partial charge in [0, 0.05) is 25.1 Å². The molecule has 0 saturated carbocycles. The fourth-order valence-electron chi connectivity index (χ4n) is 3.20. The van der Waals surface area contributed by atoms with Crippen molar-refractivity contribution < 1.29 is 50.3 Å². The highest BCUT2D eigenvalue weighted by atomic mass is 19.4. The van der Waals surface area contributed by atoms with E-state index in [1.54, 1.807) is 5.32 Å². The number of carbonyl (C=O) groups is 4. The molecular weight excluding hydrogens is 512 g/mol. The highest BCUT2D eigenvalue weighted by molar-refractivity contribution is 6.05. The molecule has 1 unspecified atom stereocenters. The molecule has 0 radical (unpaired) electrons. The van der Waals surface area contributed by atoms with Gasteiger partial charge in [-0.1, -0.05) is 25.3 Å². The average molecular weight is 533 g/mol. The van der Waals surface area contributed by atoms with E-state index < -0.39 is 66.2 Å². The molecule has 1 fully saturated rings.